The number of nitrogens with two attached hydrogens (primary N) is 1. The highest BCUT2D eigenvalue weighted by atomic mass is 16.5. The Morgan fingerprint density at radius 1 is 1.47 bits per heavy atom. The van der Waals surface area contributed by atoms with Gasteiger partial charge < -0.3 is 20.1 Å². The molecule has 17 heavy (non-hydrogen) atoms. The van der Waals surface area contributed by atoms with Crippen LogP contribution in [0.15, 0.2) is 6.20 Å². The zero-order valence-corrected chi connectivity index (χ0v) is 11.0. The van der Waals surface area contributed by atoms with Crippen LogP contribution in [0.5, 0.6) is 0 Å². The average molecular weight is 242 g/mol. The van der Waals surface area contributed by atoms with Crippen LogP contribution in [0.4, 0.5) is 11.5 Å². The molecule has 1 unspecified atom stereocenters. The van der Waals surface area contributed by atoms with Crippen LogP contribution < -0.4 is 10.6 Å². The molecular weight excluding hydrogens is 220 g/mol. The van der Waals surface area contributed by atoms with Gasteiger partial charge in [0.15, 0.2) is 5.82 Å². The largest absolute Gasteiger partial charge is 0.394 e. The molecule has 1 heterocycles. The van der Waals surface area contributed by atoms with Gasteiger partial charge in [-0.1, -0.05) is 0 Å². The van der Waals surface area contributed by atoms with Gasteiger partial charge in [-0.2, -0.15) is 5.10 Å². The maximum atomic E-state index is 5.94. The second-order valence-corrected chi connectivity index (χ2v) is 4.07. The standard InChI is InChI=1S/C11H22N4O2/c1-9(8-17-4)15(5-6-16-3)11-10(12)7-14(2)13-11/h7,9H,5-6,8,12H2,1-4H3. The molecule has 0 saturated carbocycles. The van der Waals surface area contributed by atoms with Crippen molar-refractivity contribution in [2.24, 2.45) is 7.05 Å². The number of anilines is 2. The number of aryl methyl sites for hydroxylation is 1. The van der Waals surface area contributed by atoms with E-state index >= 15 is 0 Å². The first-order valence-corrected chi connectivity index (χ1v) is 5.63. The van der Waals surface area contributed by atoms with Crippen molar-refractivity contribution in [2.75, 3.05) is 44.6 Å². The van der Waals surface area contributed by atoms with Gasteiger partial charge in [-0.3, -0.25) is 4.68 Å². The molecule has 0 radical (unpaired) electrons. The van der Waals surface area contributed by atoms with Gasteiger partial charge in [-0.05, 0) is 6.92 Å². The summed E-state index contributed by atoms with van der Waals surface area (Å²) < 4.78 is 12.0. The molecule has 98 valence electrons. The van der Waals surface area contributed by atoms with E-state index in [1.807, 2.05) is 7.05 Å². The summed E-state index contributed by atoms with van der Waals surface area (Å²) in [6, 6.07) is 0.201. The monoisotopic (exact) mass is 242 g/mol. The number of hydrogen-bond acceptors (Lipinski definition) is 5. The van der Waals surface area contributed by atoms with E-state index in [2.05, 4.69) is 16.9 Å². The van der Waals surface area contributed by atoms with Gasteiger partial charge in [0, 0.05) is 34.0 Å². The number of aromatic nitrogens is 2. The molecule has 1 rings (SSSR count). The second-order valence-electron chi connectivity index (χ2n) is 4.07. The molecule has 0 aliphatic carbocycles. The summed E-state index contributed by atoms with van der Waals surface area (Å²) in [5, 5.41) is 4.37. The van der Waals surface area contributed by atoms with E-state index in [1.165, 1.54) is 0 Å². The molecule has 1 aromatic heterocycles. The van der Waals surface area contributed by atoms with Crippen molar-refractivity contribution in [1.82, 2.24) is 9.78 Å². The van der Waals surface area contributed by atoms with E-state index in [9.17, 15) is 0 Å². The summed E-state index contributed by atoms with van der Waals surface area (Å²) in [4.78, 5) is 2.10. The second kappa shape index (κ2) is 6.46. The van der Waals surface area contributed by atoms with Gasteiger partial charge >= 0.3 is 0 Å². The maximum Gasteiger partial charge on any atom is 0.174 e. The Labute approximate surface area is 102 Å². The van der Waals surface area contributed by atoms with E-state index in [4.69, 9.17) is 15.2 Å². The smallest absolute Gasteiger partial charge is 0.174 e. The molecule has 0 aliphatic heterocycles. The van der Waals surface area contributed by atoms with E-state index in [0.717, 1.165) is 12.4 Å². The Morgan fingerprint density at radius 2 is 2.18 bits per heavy atom. The van der Waals surface area contributed by atoms with Crippen LogP contribution in [0, 0.1) is 0 Å². The molecule has 0 amide bonds. The van der Waals surface area contributed by atoms with Crippen LogP contribution in [0.1, 0.15) is 6.92 Å². The van der Waals surface area contributed by atoms with Gasteiger partial charge in [-0.25, -0.2) is 0 Å². The average Bonchev–Trinajstić information content (AvgIpc) is 2.59. The van der Waals surface area contributed by atoms with E-state index in [1.54, 1.807) is 25.1 Å². The zero-order valence-electron chi connectivity index (χ0n) is 11.0. The number of ether oxygens (including phenoxy) is 2. The summed E-state index contributed by atoms with van der Waals surface area (Å²) in [5.74, 6) is 0.786. The summed E-state index contributed by atoms with van der Waals surface area (Å²) in [6.45, 7) is 4.07. The van der Waals surface area contributed by atoms with Crippen molar-refractivity contribution in [3.8, 4) is 0 Å². The van der Waals surface area contributed by atoms with Crippen LogP contribution in [-0.2, 0) is 16.5 Å². The minimum atomic E-state index is 0.201. The number of nitrogen functional groups attached to an aromatic ring is 1. The normalized spacial score (nSPS) is 12.7. The lowest BCUT2D eigenvalue weighted by atomic mass is 10.3. The van der Waals surface area contributed by atoms with Gasteiger partial charge in [0.05, 0.1) is 24.9 Å². The van der Waals surface area contributed by atoms with Gasteiger partial charge in [-0.15, -0.1) is 0 Å². The van der Waals surface area contributed by atoms with Crippen LogP contribution in [0.2, 0.25) is 0 Å². The molecule has 0 fully saturated rings. The summed E-state index contributed by atoms with van der Waals surface area (Å²) in [6.07, 6.45) is 1.80. The Balaban J connectivity index is 2.84. The number of rotatable bonds is 7. The fourth-order valence-corrected chi connectivity index (χ4v) is 1.77. The van der Waals surface area contributed by atoms with Crippen molar-refractivity contribution in [3.63, 3.8) is 0 Å². The minimum absolute atomic E-state index is 0.201. The molecule has 2 N–H and O–H groups in total. The van der Waals surface area contributed by atoms with Crippen LogP contribution in [0.3, 0.4) is 0 Å². The van der Waals surface area contributed by atoms with E-state index < -0.39 is 0 Å². The summed E-state index contributed by atoms with van der Waals surface area (Å²) in [7, 11) is 5.23. The van der Waals surface area contributed by atoms with E-state index in [-0.39, 0.29) is 6.04 Å². The molecule has 0 bridgehead atoms. The van der Waals surface area contributed by atoms with Crippen LogP contribution in [-0.4, -0.2) is 49.8 Å². The van der Waals surface area contributed by atoms with Crippen LogP contribution >= 0.6 is 0 Å². The van der Waals surface area contributed by atoms with Gasteiger partial charge in [0.1, 0.15) is 0 Å². The van der Waals surface area contributed by atoms with Crippen molar-refractivity contribution in [3.05, 3.63) is 6.20 Å². The molecule has 0 spiro atoms. The summed E-state index contributed by atoms with van der Waals surface area (Å²) in [5.41, 5.74) is 6.61. The first kappa shape index (κ1) is 13.8. The Hall–Kier alpha value is -1.27. The van der Waals surface area contributed by atoms with Crippen molar-refractivity contribution < 1.29 is 9.47 Å². The Bertz CT molecular complexity index is 340. The summed E-state index contributed by atoms with van der Waals surface area (Å²) >= 11 is 0. The SMILES string of the molecule is COCCN(c1nn(C)cc1N)C(C)COC. The lowest BCUT2D eigenvalue weighted by Crippen LogP contribution is -2.39. The van der Waals surface area contributed by atoms with Crippen molar-refractivity contribution in [1.29, 1.82) is 0 Å². The molecule has 0 aromatic carbocycles. The number of methoxy groups -OCH3 is 2. The predicted molar refractivity (Wildman–Crippen MR) is 68.2 cm³/mol. The molecule has 1 atom stereocenters. The third kappa shape index (κ3) is 3.61. The molecule has 1 aromatic rings. The predicted octanol–water partition coefficient (Wildman–Crippen LogP) is 0.490. The van der Waals surface area contributed by atoms with Gasteiger partial charge in [0.25, 0.3) is 0 Å². The highest BCUT2D eigenvalue weighted by molar-refractivity contribution is 5.62. The topological polar surface area (TPSA) is 65.5 Å². The molecule has 0 saturated heterocycles. The van der Waals surface area contributed by atoms with Crippen LogP contribution in [0.25, 0.3) is 0 Å². The van der Waals surface area contributed by atoms with Gasteiger partial charge in [0.2, 0.25) is 0 Å². The minimum Gasteiger partial charge on any atom is -0.394 e. The zero-order chi connectivity index (χ0) is 12.8. The third-order valence-electron chi connectivity index (χ3n) is 2.58. The first-order chi connectivity index (χ1) is 8.10. The van der Waals surface area contributed by atoms with E-state index in [0.29, 0.717) is 18.9 Å². The fraction of sp³-hybridized carbons (Fsp3) is 0.727. The van der Waals surface area contributed by atoms with Crippen molar-refractivity contribution >= 4 is 11.5 Å². The Kier molecular flexibility index (Phi) is 5.24. The Morgan fingerprint density at radius 3 is 2.65 bits per heavy atom. The fourth-order valence-electron chi connectivity index (χ4n) is 1.77. The highest BCUT2D eigenvalue weighted by Gasteiger charge is 2.19. The molecule has 6 heteroatoms. The lowest BCUT2D eigenvalue weighted by molar-refractivity contribution is 0.170. The first-order valence-electron chi connectivity index (χ1n) is 5.63. The molecular formula is C11H22N4O2. The highest BCUT2D eigenvalue weighted by Crippen LogP contribution is 2.22. The number of hydrogen-bond donors (Lipinski definition) is 1. The molecule has 0 aliphatic rings. The number of nitrogens with zero attached hydrogens (tertiary/aromatic N) is 3. The quantitative estimate of drug-likeness (QED) is 0.754. The molecule has 6 nitrogen and oxygen atoms in total. The third-order valence-corrected chi connectivity index (χ3v) is 2.58. The van der Waals surface area contributed by atoms with Crippen molar-refractivity contribution in [2.45, 2.75) is 13.0 Å². The lowest BCUT2D eigenvalue weighted by Gasteiger charge is -2.29. The maximum absolute atomic E-state index is 5.94.